The Morgan fingerprint density at radius 3 is 2.55 bits per heavy atom. The Hall–Kier alpha value is -2.63. The second-order valence-corrected chi connectivity index (χ2v) is 3.94. The topological polar surface area (TPSA) is 81.5 Å². The van der Waals surface area contributed by atoms with Crippen molar-refractivity contribution in [1.82, 2.24) is 9.97 Å². The van der Waals surface area contributed by atoms with Gasteiger partial charge in [0.1, 0.15) is 0 Å². The molecular formula is C14H14N2O4. The van der Waals surface area contributed by atoms with Crippen LogP contribution >= 0.6 is 0 Å². The molecule has 0 aliphatic rings. The second kappa shape index (κ2) is 6.51. The zero-order chi connectivity index (χ0) is 14.4. The molecule has 0 fully saturated rings. The molecule has 0 aliphatic heterocycles. The highest BCUT2D eigenvalue weighted by atomic mass is 16.5. The average Bonchev–Trinajstić information content (AvgIpc) is 2.47. The number of hydrogen-bond acceptors (Lipinski definition) is 5. The molecule has 1 heterocycles. The molecule has 0 saturated carbocycles. The molecule has 0 radical (unpaired) electrons. The number of benzene rings is 1. The summed E-state index contributed by atoms with van der Waals surface area (Å²) in [6.45, 7) is 2.60. The number of nitrogens with zero attached hydrogens (tertiary/aromatic N) is 2. The van der Waals surface area contributed by atoms with Crippen molar-refractivity contribution in [2.24, 2.45) is 0 Å². The van der Waals surface area contributed by atoms with Gasteiger partial charge in [-0.05, 0) is 18.6 Å². The van der Waals surface area contributed by atoms with E-state index in [9.17, 15) is 4.79 Å². The van der Waals surface area contributed by atoms with Crippen LogP contribution in [0.15, 0.2) is 36.7 Å². The van der Waals surface area contributed by atoms with Gasteiger partial charge in [0, 0.05) is 0 Å². The van der Waals surface area contributed by atoms with Gasteiger partial charge >= 0.3 is 5.97 Å². The van der Waals surface area contributed by atoms with Crippen LogP contribution in [0.4, 0.5) is 0 Å². The van der Waals surface area contributed by atoms with Crippen LogP contribution in [0.2, 0.25) is 0 Å². The van der Waals surface area contributed by atoms with Crippen LogP contribution in [0.5, 0.6) is 17.4 Å². The standard InChI is InChI=1S/C14H14N2O4/c1-2-7-19-11-5-3-4-6-12(11)20-13-9-15-10(8-16-13)14(17)18/h3-6,8-9H,2,7H2,1H3,(H,17,18). The first kappa shape index (κ1) is 13.8. The molecule has 0 unspecified atom stereocenters. The van der Waals surface area contributed by atoms with E-state index >= 15 is 0 Å². The number of aromatic nitrogens is 2. The Labute approximate surface area is 116 Å². The van der Waals surface area contributed by atoms with Crippen molar-refractivity contribution >= 4 is 5.97 Å². The molecule has 6 heteroatoms. The quantitative estimate of drug-likeness (QED) is 0.872. The molecule has 0 saturated heterocycles. The van der Waals surface area contributed by atoms with Gasteiger partial charge in [-0.3, -0.25) is 0 Å². The lowest BCUT2D eigenvalue weighted by Crippen LogP contribution is -2.02. The third kappa shape index (κ3) is 3.44. The van der Waals surface area contributed by atoms with E-state index in [1.807, 2.05) is 19.1 Å². The summed E-state index contributed by atoms with van der Waals surface area (Å²) in [6.07, 6.45) is 3.30. The fourth-order valence-corrected chi connectivity index (χ4v) is 1.46. The van der Waals surface area contributed by atoms with E-state index in [1.54, 1.807) is 12.1 Å². The Bertz CT molecular complexity index is 584. The van der Waals surface area contributed by atoms with E-state index in [0.29, 0.717) is 18.1 Å². The van der Waals surface area contributed by atoms with Crippen LogP contribution in [0.25, 0.3) is 0 Å². The summed E-state index contributed by atoms with van der Waals surface area (Å²) in [4.78, 5) is 18.3. The number of carboxylic acid groups (broad SMARTS) is 1. The lowest BCUT2D eigenvalue weighted by molar-refractivity contribution is 0.0690. The first-order valence-electron chi connectivity index (χ1n) is 6.15. The summed E-state index contributed by atoms with van der Waals surface area (Å²) in [6, 6.07) is 7.20. The molecule has 6 nitrogen and oxygen atoms in total. The lowest BCUT2D eigenvalue weighted by atomic mass is 10.3. The summed E-state index contributed by atoms with van der Waals surface area (Å²) in [5, 5.41) is 8.74. The normalized spacial score (nSPS) is 10.1. The summed E-state index contributed by atoms with van der Waals surface area (Å²) in [7, 11) is 0. The largest absolute Gasteiger partial charge is 0.490 e. The van der Waals surface area contributed by atoms with Gasteiger partial charge in [-0.2, -0.15) is 0 Å². The number of carbonyl (C=O) groups is 1. The number of para-hydroxylation sites is 2. The molecule has 0 aliphatic carbocycles. The first-order chi connectivity index (χ1) is 9.70. The third-order valence-electron chi connectivity index (χ3n) is 2.37. The number of aromatic carboxylic acids is 1. The molecule has 1 N–H and O–H groups in total. The van der Waals surface area contributed by atoms with Crippen molar-refractivity contribution in [1.29, 1.82) is 0 Å². The van der Waals surface area contributed by atoms with Crippen molar-refractivity contribution in [2.45, 2.75) is 13.3 Å². The van der Waals surface area contributed by atoms with Crippen LogP contribution in [-0.2, 0) is 0 Å². The van der Waals surface area contributed by atoms with Gasteiger partial charge in [0.05, 0.1) is 19.0 Å². The Morgan fingerprint density at radius 2 is 1.95 bits per heavy atom. The van der Waals surface area contributed by atoms with Crippen LogP contribution in [-0.4, -0.2) is 27.7 Å². The number of hydrogen-bond donors (Lipinski definition) is 1. The van der Waals surface area contributed by atoms with Crippen molar-refractivity contribution in [3.8, 4) is 17.4 Å². The highest BCUT2D eigenvalue weighted by molar-refractivity contribution is 5.84. The van der Waals surface area contributed by atoms with E-state index in [-0.39, 0.29) is 11.6 Å². The van der Waals surface area contributed by atoms with E-state index in [0.717, 1.165) is 12.6 Å². The van der Waals surface area contributed by atoms with Crippen LogP contribution in [0.1, 0.15) is 23.8 Å². The molecular weight excluding hydrogens is 260 g/mol. The molecule has 1 aromatic heterocycles. The molecule has 20 heavy (non-hydrogen) atoms. The van der Waals surface area contributed by atoms with Gasteiger partial charge < -0.3 is 14.6 Å². The van der Waals surface area contributed by atoms with Gasteiger partial charge in [-0.25, -0.2) is 14.8 Å². The van der Waals surface area contributed by atoms with E-state index in [2.05, 4.69) is 9.97 Å². The van der Waals surface area contributed by atoms with Crippen LogP contribution in [0.3, 0.4) is 0 Å². The van der Waals surface area contributed by atoms with Crippen molar-refractivity contribution in [3.63, 3.8) is 0 Å². The summed E-state index contributed by atoms with van der Waals surface area (Å²) < 4.78 is 11.1. The SMILES string of the molecule is CCCOc1ccccc1Oc1cnc(C(=O)O)cn1. The van der Waals surface area contributed by atoms with Gasteiger partial charge in [-0.15, -0.1) is 0 Å². The minimum atomic E-state index is -1.13. The maximum absolute atomic E-state index is 10.7. The molecule has 0 atom stereocenters. The Morgan fingerprint density at radius 1 is 1.20 bits per heavy atom. The second-order valence-electron chi connectivity index (χ2n) is 3.94. The predicted octanol–water partition coefficient (Wildman–Crippen LogP) is 2.76. The maximum atomic E-state index is 10.7. The monoisotopic (exact) mass is 274 g/mol. The smallest absolute Gasteiger partial charge is 0.356 e. The Balaban J connectivity index is 2.14. The highest BCUT2D eigenvalue weighted by Gasteiger charge is 2.09. The molecule has 2 aromatic rings. The zero-order valence-electron chi connectivity index (χ0n) is 10.9. The minimum absolute atomic E-state index is 0.132. The summed E-state index contributed by atoms with van der Waals surface area (Å²) in [5.74, 6) is 0.204. The van der Waals surface area contributed by atoms with Gasteiger partial charge in [0.2, 0.25) is 5.88 Å². The molecule has 0 amide bonds. The average molecular weight is 274 g/mol. The van der Waals surface area contributed by atoms with Crippen LogP contribution in [0, 0.1) is 0 Å². The number of rotatable bonds is 6. The zero-order valence-corrected chi connectivity index (χ0v) is 10.9. The fourth-order valence-electron chi connectivity index (χ4n) is 1.46. The number of carboxylic acids is 1. The molecule has 0 bridgehead atoms. The molecule has 2 rings (SSSR count). The van der Waals surface area contributed by atoms with E-state index in [4.69, 9.17) is 14.6 Å². The third-order valence-corrected chi connectivity index (χ3v) is 2.37. The van der Waals surface area contributed by atoms with Crippen LogP contribution < -0.4 is 9.47 Å². The molecule has 104 valence electrons. The van der Waals surface area contributed by atoms with Gasteiger partial charge in [0.25, 0.3) is 0 Å². The first-order valence-corrected chi connectivity index (χ1v) is 6.15. The molecule has 0 spiro atoms. The van der Waals surface area contributed by atoms with Gasteiger partial charge in [-0.1, -0.05) is 19.1 Å². The summed E-state index contributed by atoms with van der Waals surface area (Å²) in [5.41, 5.74) is -0.132. The lowest BCUT2D eigenvalue weighted by Gasteiger charge is -2.10. The fraction of sp³-hybridized carbons (Fsp3) is 0.214. The van der Waals surface area contributed by atoms with Crippen molar-refractivity contribution < 1.29 is 19.4 Å². The molecule has 1 aromatic carbocycles. The van der Waals surface area contributed by atoms with E-state index < -0.39 is 5.97 Å². The van der Waals surface area contributed by atoms with E-state index in [1.165, 1.54) is 6.20 Å². The number of ether oxygens (including phenoxy) is 2. The highest BCUT2D eigenvalue weighted by Crippen LogP contribution is 2.30. The predicted molar refractivity (Wildman–Crippen MR) is 71.3 cm³/mol. The Kier molecular flexibility index (Phi) is 4.49. The van der Waals surface area contributed by atoms with Gasteiger partial charge in [0.15, 0.2) is 17.2 Å². The maximum Gasteiger partial charge on any atom is 0.356 e. The van der Waals surface area contributed by atoms with Crippen molar-refractivity contribution in [3.05, 3.63) is 42.4 Å². The van der Waals surface area contributed by atoms with Crippen molar-refractivity contribution in [2.75, 3.05) is 6.61 Å². The summed E-state index contributed by atoms with van der Waals surface area (Å²) >= 11 is 0. The minimum Gasteiger partial charge on any atom is -0.490 e.